The molecule has 9 aromatic carbocycles. The Kier molecular flexibility index (Phi) is 6.28. The molecule has 0 spiro atoms. The van der Waals surface area contributed by atoms with Crippen LogP contribution in [0.2, 0.25) is 0 Å². The molecule has 0 aliphatic rings. The van der Waals surface area contributed by atoms with Crippen LogP contribution in [0.15, 0.2) is 194 Å². The Balaban J connectivity index is 1.10. The zero-order valence-corrected chi connectivity index (χ0v) is 28.4. The second-order valence-electron chi connectivity index (χ2n) is 13.8. The van der Waals surface area contributed by atoms with Gasteiger partial charge in [0.25, 0.3) is 0 Å². The SMILES string of the molecule is c1ccc(-c2ccc3c4ccc(-c5cccc(-n6ccc7ccc8c9ccccc9n(-c9ccccc9)c8c76)c5)cc4c4ccccc4c3c2)cc1. The number of benzene rings is 9. The van der Waals surface area contributed by atoms with Gasteiger partial charge in [-0.2, -0.15) is 0 Å². The van der Waals surface area contributed by atoms with E-state index in [1.807, 2.05) is 0 Å². The standard InChI is InChI=1S/C50H32N2/c1-3-12-33(13-4-1)36-23-25-42-43-26-24-37(32-47(43)41-19-8-7-18-40(41)46(42)31-36)35-14-11-17-39(30-35)51-29-28-34-22-27-45-44-20-9-10-21-48(44)52(50(45)49(34)51)38-15-5-2-6-16-38/h1-32H. The van der Waals surface area contributed by atoms with Gasteiger partial charge < -0.3 is 9.13 Å². The lowest BCUT2D eigenvalue weighted by Crippen LogP contribution is -1.98. The van der Waals surface area contributed by atoms with Crippen molar-refractivity contribution in [3.05, 3.63) is 194 Å². The molecular formula is C50H32N2. The van der Waals surface area contributed by atoms with Crippen molar-refractivity contribution >= 4 is 65.0 Å². The van der Waals surface area contributed by atoms with Gasteiger partial charge in [0.15, 0.2) is 0 Å². The number of fused-ring (bicyclic) bond motifs is 11. The van der Waals surface area contributed by atoms with E-state index in [0.29, 0.717) is 0 Å². The molecule has 0 bridgehead atoms. The molecule has 2 aromatic heterocycles. The molecule has 2 heterocycles. The summed E-state index contributed by atoms with van der Waals surface area (Å²) in [5.74, 6) is 0. The largest absolute Gasteiger partial charge is 0.315 e. The summed E-state index contributed by atoms with van der Waals surface area (Å²) in [6.45, 7) is 0. The van der Waals surface area contributed by atoms with Crippen LogP contribution in [0, 0.1) is 0 Å². The topological polar surface area (TPSA) is 9.86 Å². The van der Waals surface area contributed by atoms with Crippen LogP contribution in [0.4, 0.5) is 0 Å². The number of rotatable bonds is 4. The second-order valence-corrected chi connectivity index (χ2v) is 13.8. The Morgan fingerprint density at radius 1 is 0.288 bits per heavy atom. The lowest BCUT2D eigenvalue weighted by Gasteiger charge is -2.14. The summed E-state index contributed by atoms with van der Waals surface area (Å²) in [5, 5.41) is 11.4. The van der Waals surface area contributed by atoms with Gasteiger partial charge in [-0.3, -0.25) is 0 Å². The van der Waals surface area contributed by atoms with E-state index in [-0.39, 0.29) is 0 Å². The van der Waals surface area contributed by atoms with E-state index in [9.17, 15) is 0 Å². The van der Waals surface area contributed by atoms with Crippen LogP contribution in [0.3, 0.4) is 0 Å². The van der Waals surface area contributed by atoms with Crippen molar-refractivity contribution < 1.29 is 0 Å². The molecule has 2 nitrogen and oxygen atoms in total. The molecule has 0 saturated carbocycles. The van der Waals surface area contributed by atoms with Gasteiger partial charge in [0.1, 0.15) is 0 Å². The molecule has 2 heteroatoms. The minimum absolute atomic E-state index is 1.14. The number of hydrogen-bond acceptors (Lipinski definition) is 0. The van der Waals surface area contributed by atoms with Crippen LogP contribution in [0.25, 0.3) is 98.7 Å². The second kappa shape index (κ2) is 11.3. The predicted octanol–water partition coefficient (Wildman–Crippen LogP) is 13.5. The van der Waals surface area contributed by atoms with Crippen LogP contribution < -0.4 is 0 Å². The predicted molar refractivity (Wildman–Crippen MR) is 221 cm³/mol. The van der Waals surface area contributed by atoms with Gasteiger partial charge in [0.05, 0.1) is 16.6 Å². The molecule has 0 unspecified atom stereocenters. The quantitative estimate of drug-likeness (QED) is 0.166. The molecule has 0 aliphatic heterocycles. The summed E-state index contributed by atoms with van der Waals surface area (Å²) in [6.07, 6.45) is 2.22. The zero-order chi connectivity index (χ0) is 34.2. The third-order valence-electron chi connectivity index (χ3n) is 10.9. The Morgan fingerprint density at radius 2 is 0.827 bits per heavy atom. The molecule has 52 heavy (non-hydrogen) atoms. The summed E-state index contributed by atoms with van der Waals surface area (Å²) < 4.78 is 4.79. The molecule has 0 radical (unpaired) electrons. The first-order valence-electron chi connectivity index (χ1n) is 17.9. The van der Waals surface area contributed by atoms with Gasteiger partial charge in [-0.1, -0.05) is 140 Å². The minimum Gasteiger partial charge on any atom is -0.315 e. The van der Waals surface area contributed by atoms with Crippen LogP contribution >= 0.6 is 0 Å². The highest BCUT2D eigenvalue weighted by Gasteiger charge is 2.18. The summed E-state index contributed by atoms with van der Waals surface area (Å²) in [6, 6.07) is 68.7. The summed E-state index contributed by atoms with van der Waals surface area (Å²) >= 11 is 0. The molecule has 0 N–H and O–H groups in total. The van der Waals surface area contributed by atoms with E-state index in [0.717, 1.165) is 11.4 Å². The average Bonchev–Trinajstić information content (AvgIpc) is 3.81. The summed E-state index contributed by atoms with van der Waals surface area (Å²) in [7, 11) is 0. The third kappa shape index (κ3) is 4.31. The fourth-order valence-corrected chi connectivity index (χ4v) is 8.52. The van der Waals surface area contributed by atoms with Gasteiger partial charge in [0.2, 0.25) is 0 Å². The van der Waals surface area contributed by atoms with E-state index < -0.39 is 0 Å². The first-order chi connectivity index (χ1) is 25.8. The zero-order valence-electron chi connectivity index (χ0n) is 28.4. The normalized spacial score (nSPS) is 11.8. The summed E-state index contributed by atoms with van der Waals surface area (Å²) in [5.41, 5.74) is 10.8. The molecule has 0 fully saturated rings. The first-order valence-corrected chi connectivity index (χ1v) is 17.9. The fourth-order valence-electron chi connectivity index (χ4n) is 8.52. The fraction of sp³-hybridized carbons (Fsp3) is 0. The van der Waals surface area contributed by atoms with Crippen molar-refractivity contribution in [1.82, 2.24) is 9.13 Å². The van der Waals surface area contributed by atoms with Crippen molar-refractivity contribution in [1.29, 1.82) is 0 Å². The Labute approximate surface area is 301 Å². The van der Waals surface area contributed by atoms with Crippen molar-refractivity contribution in [2.75, 3.05) is 0 Å². The van der Waals surface area contributed by atoms with E-state index in [1.165, 1.54) is 87.3 Å². The molecular weight excluding hydrogens is 629 g/mol. The van der Waals surface area contributed by atoms with Gasteiger partial charge in [-0.25, -0.2) is 0 Å². The minimum atomic E-state index is 1.14. The molecule has 0 atom stereocenters. The van der Waals surface area contributed by atoms with Crippen LogP contribution in [-0.2, 0) is 0 Å². The lowest BCUT2D eigenvalue weighted by atomic mass is 9.90. The Morgan fingerprint density at radius 3 is 1.56 bits per heavy atom. The first kappa shape index (κ1) is 28.9. The monoisotopic (exact) mass is 660 g/mol. The molecule has 11 rings (SSSR count). The van der Waals surface area contributed by atoms with Crippen molar-refractivity contribution in [2.24, 2.45) is 0 Å². The van der Waals surface area contributed by atoms with Crippen molar-refractivity contribution in [3.8, 4) is 33.6 Å². The van der Waals surface area contributed by atoms with Gasteiger partial charge >= 0.3 is 0 Å². The Hall–Kier alpha value is -6.90. The smallest absolute Gasteiger partial charge is 0.0788 e. The maximum atomic E-state index is 2.43. The molecule has 11 aromatic rings. The van der Waals surface area contributed by atoms with Crippen molar-refractivity contribution in [2.45, 2.75) is 0 Å². The van der Waals surface area contributed by atoms with Gasteiger partial charge in [-0.15, -0.1) is 0 Å². The molecule has 242 valence electrons. The number of hydrogen-bond donors (Lipinski definition) is 0. The lowest BCUT2D eigenvalue weighted by molar-refractivity contribution is 1.12. The number of nitrogens with zero attached hydrogens (tertiary/aromatic N) is 2. The van der Waals surface area contributed by atoms with Crippen LogP contribution in [-0.4, -0.2) is 9.13 Å². The highest BCUT2D eigenvalue weighted by molar-refractivity contribution is 6.26. The summed E-state index contributed by atoms with van der Waals surface area (Å²) in [4.78, 5) is 0. The highest BCUT2D eigenvalue weighted by atomic mass is 15.0. The van der Waals surface area contributed by atoms with Crippen LogP contribution in [0.5, 0.6) is 0 Å². The molecule has 0 saturated heterocycles. The third-order valence-corrected chi connectivity index (χ3v) is 10.9. The average molecular weight is 661 g/mol. The van der Waals surface area contributed by atoms with Crippen molar-refractivity contribution in [3.63, 3.8) is 0 Å². The van der Waals surface area contributed by atoms with E-state index in [1.54, 1.807) is 0 Å². The molecule has 0 aliphatic carbocycles. The number of aromatic nitrogens is 2. The van der Waals surface area contributed by atoms with E-state index in [4.69, 9.17) is 0 Å². The number of para-hydroxylation sites is 2. The van der Waals surface area contributed by atoms with Crippen LogP contribution in [0.1, 0.15) is 0 Å². The Bertz CT molecular complexity index is 3140. The van der Waals surface area contributed by atoms with Gasteiger partial charge in [0, 0.05) is 33.7 Å². The van der Waals surface area contributed by atoms with E-state index in [2.05, 4.69) is 203 Å². The maximum Gasteiger partial charge on any atom is 0.0788 e. The van der Waals surface area contributed by atoms with Gasteiger partial charge in [-0.05, 0) is 103 Å². The molecule has 0 amide bonds. The maximum absolute atomic E-state index is 2.43. The highest BCUT2D eigenvalue weighted by Crippen LogP contribution is 2.41. The van der Waals surface area contributed by atoms with E-state index >= 15 is 0 Å².